The Morgan fingerprint density at radius 2 is 1.95 bits per heavy atom. The van der Waals surface area contributed by atoms with E-state index in [1.165, 1.54) is 16.9 Å². The Bertz CT molecular complexity index is 1780. The number of aromatic nitrogens is 5. The molecule has 1 amide bonds. The van der Waals surface area contributed by atoms with Crippen LogP contribution in [0.1, 0.15) is 48.7 Å². The van der Waals surface area contributed by atoms with E-state index in [2.05, 4.69) is 49.0 Å². The van der Waals surface area contributed by atoms with Crippen molar-refractivity contribution in [2.24, 2.45) is 0 Å². The molecule has 5 aromatic rings. The zero-order chi connectivity index (χ0) is 30.2. The molecule has 0 aliphatic carbocycles. The molecule has 5 heterocycles. The number of hydrogen-bond donors (Lipinski definition) is 2. The molecule has 0 bridgehead atoms. The molecule has 2 aliphatic heterocycles. The van der Waals surface area contributed by atoms with Crippen LogP contribution < -0.4 is 5.32 Å². The number of aliphatic hydroxyl groups is 1. The molecule has 2 aliphatic rings. The molecule has 228 valence electrons. The van der Waals surface area contributed by atoms with Crippen LogP contribution in [-0.4, -0.2) is 66.0 Å². The average molecular weight is 651 g/mol. The predicted molar refractivity (Wildman–Crippen MR) is 175 cm³/mol. The third-order valence-corrected chi connectivity index (χ3v) is 10.1. The van der Waals surface area contributed by atoms with E-state index < -0.39 is 6.04 Å². The van der Waals surface area contributed by atoms with Crippen LogP contribution in [0.15, 0.2) is 54.4 Å². The lowest BCUT2D eigenvalue weighted by atomic mass is 10.0. The number of benzene rings is 2. The van der Waals surface area contributed by atoms with Gasteiger partial charge in [0.05, 0.1) is 28.2 Å². The Balaban J connectivity index is 1.15. The van der Waals surface area contributed by atoms with Gasteiger partial charge < -0.3 is 14.6 Å². The quantitative estimate of drug-likeness (QED) is 0.196. The van der Waals surface area contributed by atoms with Gasteiger partial charge in [-0.2, -0.15) is 5.10 Å². The van der Waals surface area contributed by atoms with Crippen molar-refractivity contribution < 1.29 is 9.90 Å². The van der Waals surface area contributed by atoms with E-state index in [1.807, 2.05) is 11.4 Å². The second-order valence-electron chi connectivity index (χ2n) is 11.6. The number of amides is 1. The average Bonchev–Trinajstić information content (AvgIpc) is 3.83. The maximum Gasteiger partial charge on any atom is 0.257 e. The van der Waals surface area contributed by atoms with Crippen molar-refractivity contribution in [1.29, 1.82) is 0 Å². The molecule has 3 aromatic heterocycles. The first-order valence-electron chi connectivity index (χ1n) is 15.1. The summed E-state index contributed by atoms with van der Waals surface area (Å²) in [5.41, 5.74) is 5.25. The fraction of sp³-hybridized carbons (Fsp3) is 0.375. The second kappa shape index (κ2) is 12.6. The molecule has 1 unspecified atom stereocenters. The fourth-order valence-electron chi connectivity index (χ4n) is 6.33. The van der Waals surface area contributed by atoms with Crippen LogP contribution in [0.2, 0.25) is 10.0 Å². The number of imidazole rings is 1. The number of anilines is 1. The minimum atomic E-state index is -0.814. The highest BCUT2D eigenvalue weighted by Crippen LogP contribution is 2.39. The number of piperidine rings is 1. The van der Waals surface area contributed by atoms with Gasteiger partial charge in [-0.15, -0.1) is 11.3 Å². The highest BCUT2D eigenvalue weighted by Gasteiger charge is 2.32. The van der Waals surface area contributed by atoms with Crippen LogP contribution in [-0.2, 0) is 24.2 Å². The first-order valence-corrected chi connectivity index (χ1v) is 16.7. The monoisotopic (exact) mass is 649 g/mol. The van der Waals surface area contributed by atoms with Crippen molar-refractivity contribution in [3.8, 4) is 11.1 Å². The van der Waals surface area contributed by atoms with E-state index in [4.69, 9.17) is 28.3 Å². The topological polar surface area (TPSA) is 101 Å². The number of fused-ring (bicyclic) bond motifs is 2. The van der Waals surface area contributed by atoms with Crippen LogP contribution in [0.25, 0.3) is 22.0 Å². The Morgan fingerprint density at radius 3 is 2.73 bits per heavy atom. The van der Waals surface area contributed by atoms with E-state index in [9.17, 15) is 9.90 Å². The summed E-state index contributed by atoms with van der Waals surface area (Å²) in [5, 5.41) is 21.5. The van der Waals surface area contributed by atoms with E-state index in [-0.39, 0.29) is 12.0 Å². The maximum atomic E-state index is 13.7. The third-order valence-electron chi connectivity index (χ3n) is 8.69. The predicted octanol–water partition coefficient (Wildman–Crippen LogP) is 6.23. The molecule has 9 nitrogen and oxygen atoms in total. The molecule has 12 heteroatoms. The number of carbonyl (C=O) groups is 1. The Kier molecular flexibility index (Phi) is 8.43. The largest absolute Gasteiger partial charge is 0.393 e. The van der Waals surface area contributed by atoms with Gasteiger partial charge in [-0.3, -0.25) is 14.8 Å². The molecule has 44 heavy (non-hydrogen) atoms. The first-order chi connectivity index (χ1) is 21.4. The molecule has 7 rings (SSSR count). The van der Waals surface area contributed by atoms with E-state index in [0.717, 1.165) is 81.5 Å². The lowest BCUT2D eigenvalue weighted by Crippen LogP contribution is -2.36. The van der Waals surface area contributed by atoms with Crippen LogP contribution in [0.3, 0.4) is 0 Å². The molecule has 2 N–H and O–H groups in total. The number of halogens is 2. The van der Waals surface area contributed by atoms with Crippen molar-refractivity contribution in [2.75, 3.05) is 25.0 Å². The summed E-state index contributed by atoms with van der Waals surface area (Å²) in [5.74, 6) is -0.276. The highest BCUT2D eigenvalue weighted by atomic mass is 35.5. The smallest absolute Gasteiger partial charge is 0.257 e. The van der Waals surface area contributed by atoms with Gasteiger partial charge in [0.2, 0.25) is 0 Å². The lowest BCUT2D eigenvalue weighted by molar-refractivity contribution is -0.118. The lowest BCUT2D eigenvalue weighted by Gasteiger charge is -2.29. The summed E-state index contributed by atoms with van der Waals surface area (Å²) in [4.78, 5) is 25.0. The van der Waals surface area contributed by atoms with Crippen LogP contribution in [0.5, 0.6) is 0 Å². The van der Waals surface area contributed by atoms with Crippen LogP contribution >= 0.6 is 34.5 Å². The third kappa shape index (κ3) is 5.89. The van der Waals surface area contributed by atoms with Gasteiger partial charge in [0.1, 0.15) is 5.52 Å². The summed E-state index contributed by atoms with van der Waals surface area (Å²) in [6.45, 7) is 3.87. The number of rotatable bonds is 9. The fourth-order valence-corrected chi connectivity index (χ4v) is 7.41. The van der Waals surface area contributed by atoms with Gasteiger partial charge in [-0.05, 0) is 62.3 Å². The van der Waals surface area contributed by atoms with Crippen molar-refractivity contribution >= 4 is 56.5 Å². The molecule has 2 aromatic carbocycles. The molecule has 1 atom stereocenters. The minimum absolute atomic E-state index is 0.140. The molecular formula is C32H33Cl2N7O2S. The second-order valence-corrected chi connectivity index (χ2v) is 13.2. The Hall–Kier alpha value is -3.28. The van der Waals surface area contributed by atoms with Crippen molar-refractivity contribution in [3.63, 3.8) is 0 Å². The van der Waals surface area contributed by atoms with E-state index in [1.54, 1.807) is 23.4 Å². The van der Waals surface area contributed by atoms with Gasteiger partial charge in [0.25, 0.3) is 5.91 Å². The SMILES string of the molecule is O=C(Nc1nccs1)C(c1ncn2c1CCC2)n1cc2c(Cl)cc(-c3ccc(CCCN4CCC(O)CC4)cc3)c(Cl)c2n1. The number of hydrogen-bond acceptors (Lipinski definition) is 7. The minimum Gasteiger partial charge on any atom is -0.393 e. The van der Waals surface area contributed by atoms with Crippen molar-refractivity contribution in [1.82, 2.24) is 29.2 Å². The number of nitrogens with zero attached hydrogens (tertiary/aromatic N) is 6. The standard InChI is InChI=1S/C32H33Cl2N7O2S/c33-25-17-23(21-7-5-20(6-8-21)3-1-12-39-14-9-22(42)10-15-39)27(34)28-24(25)18-41(38-28)30(31(43)37-32-35-11-16-44-32)29-26-4-2-13-40(26)19-36-29/h5-8,11,16-19,22,30,42H,1-4,9-10,12-15H2,(H,35,37,43). The first kappa shape index (κ1) is 29.4. The molecule has 0 radical (unpaired) electrons. The Labute approximate surface area is 269 Å². The van der Waals surface area contributed by atoms with Crippen molar-refractivity contribution in [2.45, 2.75) is 57.2 Å². The molecule has 1 fully saturated rings. The molecule has 1 saturated heterocycles. The number of likely N-dealkylation sites (tertiary alicyclic amines) is 1. The van der Waals surface area contributed by atoms with Gasteiger partial charge in [0, 0.05) is 54.1 Å². The number of carbonyl (C=O) groups excluding carboxylic acids is 1. The zero-order valence-corrected chi connectivity index (χ0v) is 26.5. The van der Waals surface area contributed by atoms with Crippen LogP contribution in [0, 0.1) is 0 Å². The molecular weight excluding hydrogens is 617 g/mol. The summed E-state index contributed by atoms with van der Waals surface area (Å²) < 4.78 is 3.73. The normalized spacial score (nSPS) is 16.4. The van der Waals surface area contributed by atoms with Gasteiger partial charge >= 0.3 is 0 Å². The zero-order valence-electron chi connectivity index (χ0n) is 24.1. The van der Waals surface area contributed by atoms with E-state index >= 15 is 0 Å². The van der Waals surface area contributed by atoms with Crippen molar-refractivity contribution in [3.05, 3.63) is 81.4 Å². The summed E-state index contributed by atoms with van der Waals surface area (Å²) in [7, 11) is 0. The molecule has 0 saturated carbocycles. The highest BCUT2D eigenvalue weighted by molar-refractivity contribution is 7.13. The number of aliphatic hydroxyl groups excluding tert-OH is 1. The summed E-state index contributed by atoms with van der Waals surface area (Å²) in [6.07, 6.45) is 10.7. The van der Waals surface area contributed by atoms with Gasteiger partial charge in [-0.25, -0.2) is 9.97 Å². The maximum absolute atomic E-state index is 13.7. The molecule has 0 spiro atoms. The van der Waals surface area contributed by atoms with Crippen LogP contribution in [0.4, 0.5) is 5.13 Å². The number of thiazole rings is 1. The summed E-state index contributed by atoms with van der Waals surface area (Å²) >= 11 is 15.2. The number of aryl methyl sites for hydroxylation is 2. The van der Waals surface area contributed by atoms with E-state index in [0.29, 0.717) is 31.8 Å². The van der Waals surface area contributed by atoms with Gasteiger partial charge in [0.15, 0.2) is 11.2 Å². The number of nitrogens with one attached hydrogen (secondary N) is 1. The van der Waals surface area contributed by atoms with Gasteiger partial charge in [-0.1, -0.05) is 47.5 Å². The summed E-state index contributed by atoms with van der Waals surface area (Å²) in [6, 6.07) is 9.49. The Morgan fingerprint density at radius 1 is 1.14 bits per heavy atom.